The van der Waals surface area contributed by atoms with Gasteiger partial charge in [-0.2, -0.15) is 0 Å². The lowest BCUT2D eigenvalue weighted by Gasteiger charge is -2.47. The van der Waals surface area contributed by atoms with E-state index in [1.165, 1.54) is 17.3 Å². The van der Waals surface area contributed by atoms with E-state index in [1.807, 2.05) is 53.7 Å². The highest BCUT2D eigenvalue weighted by Gasteiger charge is 2.40. The molecule has 2 saturated heterocycles. The van der Waals surface area contributed by atoms with Gasteiger partial charge in [0.25, 0.3) is 5.91 Å². The second-order valence-electron chi connectivity index (χ2n) is 12.8. The van der Waals surface area contributed by atoms with Gasteiger partial charge in [-0.1, -0.05) is 49.7 Å². The fraction of sp³-hybridized carbons (Fsp3) is 0.400. The van der Waals surface area contributed by atoms with Crippen molar-refractivity contribution in [2.75, 3.05) is 31.1 Å². The normalized spacial score (nSPS) is 21.0. The number of hydrogen-bond donors (Lipinski definition) is 1. The lowest BCUT2D eigenvalue weighted by molar-refractivity contribution is -0.117. The van der Waals surface area contributed by atoms with Crippen LogP contribution in [0.1, 0.15) is 79.0 Å². The highest BCUT2D eigenvalue weighted by atomic mass is 35.5. The Kier molecular flexibility index (Phi) is 7.84. The summed E-state index contributed by atoms with van der Waals surface area (Å²) < 4.78 is 0. The van der Waals surface area contributed by atoms with Gasteiger partial charge in [0.1, 0.15) is 0 Å². The number of rotatable bonds is 5. The smallest absolute Gasteiger partial charge is 0.253 e. The molecule has 3 aliphatic rings. The molecular weight excluding hydrogens is 544 g/mol. The van der Waals surface area contributed by atoms with Gasteiger partial charge in [-0.25, -0.2) is 0 Å². The quantitative estimate of drug-likeness (QED) is 0.336. The van der Waals surface area contributed by atoms with E-state index in [0.717, 1.165) is 69.4 Å². The Morgan fingerprint density at radius 1 is 0.952 bits per heavy atom. The molecule has 2 amide bonds. The van der Waals surface area contributed by atoms with Crippen LogP contribution < -0.4 is 10.2 Å². The topological polar surface area (TPSA) is 65.5 Å². The molecule has 1 aliphatic carbocycles. The number of likely N-dealkylation sites (tertiary alicyclic amines) is 1. The zero-order chi connectivity index (χ0) is 29.3. The number of nitrogens with zero attached hydrogens (tertiary/aromatic N) is 3. The van der Waals surface area contributed by atoms with Gasteiger partial charge in [0, 0.05) is 60.9 Å². The molecular formula is C35H39ClN4O2. The lowest BCUT2D eigenvalue weighted by Crippen LogP contribution is -2.48. The van der Waals surface area contributed by atoms with E-state index < -0.39 is 0 Å². The molecule has 1 N–H and O–H groups in total. The van der Waals surface area contributed by atoms with Gasteiger partial charge in [-0.15, -0.1) is 0 Å². The van der Waals surface area contributed by atoms with Crippen molar-refractivity contribution in [1.82, 2.24) is 15.2 Å². The van der Waals surface area contributed by atoms with Gasteiger partial charge in [0.05, 0.1) is 6.04 Å². The molecule has 1 unspecified atom stereocenters. The monoisotopic (exact) mass is 582 g/mol. The summed E-state index contributed by atoms with van der Waals surface area (Å²) in [4.78, 5) is 35.2. The van der Waals surface area contributed by atoms with Crippen molar-refractivity contribution >= 4 is 35.2 Å². The predicted octanol–water partition coefficient (Wildman–Crippen LogP) is 6.81. The number of nitrogens with one attached hydrogen (secondary N) is 1. The van der Waals surface area contributed by atoms with Gasteiger partial charge in [-0.3, -0.25) is 14.6 Å². The molecule has 2 fully saturated rings. The first-order chi connectivity index (χ1) is 20.2. The van der Waals surface area contributed by atoms with E-state index in [4.69, 9.17) is 11.6 Å². The van der Waals surface area contributed by atoms with Crippen LogP contribution in [0.4, 0.5) is 5.69 Å². The number of piperidine rings is 2. The Hall–Kier alpha value is -3.64. The number of anilines is 1. The standard InChI is InChI=1S/C35H39ClN4O2/c1-34(2)24-31(38-32(41)10-8-25-5-3-4-6-30(25)36)28-23-26(7-9-29(28)34)33(42)40-21-15-35(16-22-40)13-19-39(20-14-35)27-11-17-37-18-12-27/h3-12,17-18,23,31H,13-16,19-22,24H2,1-2H3,(H,38,41). The minimum absolute atomic E-state index is 0.0928. The molecule has 1 spiro atoms. The number of carbonyl (C=O) groups excluding carboxylic acids is 2. The number of carbonyl (C=O) groups is 2. The number of amides is 2. The van der Waals surface area contributed by atoms with E-state index in [2.05, 4.69) is 47.2 Å². The Balaban J connectivity index is 1.10. The average Bonchev–Trinajstić information content (AvgIpc) is 3.26. The molecule has 0 saturated carbocycles. The molecule has 0 bridgehead atoms. The highest BCUT2D eigenvalue weighted by molar-refractivity contribution is 6.32. The van der Waals surface area contributed by atoms with Crippen molar-refractivity contribution in [3.63, 3.8) is 0 Å². The third-order valence-corrected chi connectivity index (χ3v) is 10.1. The molecule has 218 valence electrons. The third kappa shape index (κ3) is 5.82. The molecule has 2 aliphatic heterocycles. The molecule has 3 aromatic rings. The summed E-state index contributed by atoms with van der Waals surface area (Å²) in [5.74, 6) is -0.0770. The number of hydrogen-bond acceptors (Lipinski definition) is 4. The second kappa shape index (κ2) is 11.6. The summed E-state index contributed by atoms with van der Waals surface area (Å²) in [5, 5.41) is 3.79. The second-order valence-corrected chi connectivity index (χ2v) is 13.2. The fourth-order valence-corrected chi connectivity index (χ4v) is 7.31. The molecule has 6 nitrogen and oxygen atoms in total. The minimum Gasteiger partial charge on any atom is -0.371 e. The first kappa shape index (κ1) is 28.5. The first-order valence-corrected chi connectivity index (χ1v) is 15.4. The summed E-state index contributed by atoms with van der Waals surface area (Å²) in [5.41, 5.74) is 5.23. The van der Waals surface area contributed by atoms with E-state index in [0.29, 0.717) is 16.0 Å². The van der Waals surface area contributed by atoms with Gasteiger partial charge in [-0.05, 0) is 96.0 Å². The number of fused-ring (bicyclic) bond motifs is 1. The van der Waals surface area contributed by atoms with Crippen LogP contribution in [0.2, 0.25) is 5.02 Å². The molecule has 6 rings (SSSR count). The van der Waals surface area contributed by atoms with Crippen LogP contribution in [-0.4, -0.2) is 47.9 Å². The number of pyridine rings is 1. The van der Waals surface area contributed by atoms with Crippen LogP contribution >= 0.6 is 11.6 Å². The summed E-state index contributed by atoms with van der Waals surface area (Å²) in [6.07, 6.45) is 12.2. The predicted molar refractivity (Wildman–Crippen MR) is 169 cm³/mol. The number of halogens is 1. The van der Waals surface area contributed by atoms with Crippen molar-refractivity contribution in [3.8, 4) is 0 Å². The van der Waals surface area contributed by atoms with Gasteiger partial charge in [0.15, 0.2) is 0 Å². The summed E-state index contributed by atoms with van der Waals surface area (Å²) in [6, 6.07) is 17.6. The number of benzene rings is 2. The maximum absolute atomic E-state index is 13.7. The molecule has 7 heteroatoms. The van der Waals surface area contributed by atoms with Gasteiger partial charge in [0.2, 0.25) is 5.91 Å². The molecule has 42 heavy (non-hydrogen) atoms. The maximum Gasteiger partial charge on any atom is 0.253 e. The van der Waals surface area contributed by atoms with Crippen molar-refractivity contribution < 1.29 is 9.59 Å². The van der Waals surface area contributed by atoms with E-state index >= 15 is 0 Å². The van der Waals surface area contributed by atoms with Crippen molar-refractivity contribution in [1.29, 1.82) is 0 Å². The highest BCUT2D eigenvalue weighted by Crippen LogP contribution is 2.46. The van der Waals surface area contributed by atoms with Crippen LogP contribution in [0.3, 0.4) is 0 Å². The largest absolute Gasteiger partial charge is 0.371 e. The van der Waals surface area contributed by atoms with Gasteiger partial charge >= 0.3 is 0 Å². The minimum atomic E-state index is -0.170. The molecule has 1 aromatic heterocycles. The molecule has 2 aromatic carbocycles. The Morgan fingerprint density at radius 3 is 2.36 bits per heavy atom. The van der Waals surface area contributed by atoms with Crippen LogP contribution in [0.15, 0.2) is 73.1 Å². The van der Waals surface area contributed by atoms with Crippen molar-refractivity contribution in [3.05, 3.63) is 100 Å². The number of aromatic nitrogens is 1. The van der Waals surface area contributed by atoms with E-state index in [9.17, 15) is 9.59 Å². The van der Waals surface area contributed by atoms with Crippen LogP contribution in [0.25, 0.3) is 6.08 Å². The fourth-order valence-electron chi connectivity index (χ4n) is 7.12. The zero-order valence-electron chi connectivity index (χ0n) is 24.5. The zero-order valence-corrected chi connectivity index (χ0v) is 25.2. The van der Waals surface area contributed by atoms with Crippen LogP contribution in [-0.2, 0) is 10.2 Å². The van der Waals surface area contributed by atoms with Gasteiger partial charge < -0.3 is 15.1 Å². The molecule has 3 heterocycles. The SMILES string of the molecule is CC1(C)CC(NC(=O)C=Cc2ccccc2Cl)c2cc(C(=O)N3CCC4(CC3)CCN(c3ccncc3)CC4)ccc21. The molecule has 1 atom stereocenters. The average molecular weight is 583 g/mol. The Labute approximate surface area is 253 Å². The first-order valence-electron chi connectivity index (χ1n) is 15.0. The van der Waals surface area contributed by atoms with Crippen molar-refractivity contribution in [2.24, 2.45) is 5.41 Å². The summed E-state index contributed by atoms with van der Waals surface area (Å²) in [7, 11) is 0. The summed E-state index contributed by atoms with van der Waals surface area (Å²) in [6.45, 7) is 8.10. The van der Waals surface area contributed by atoms with Crippen LogP contribution in [0.5, 0.6) is 0 Å². The van der Waals surface area contributed by atoms with Crippen molar-refractivity contribution in [2.45, 2.75) is 57.4 Å². The third-order valence-electron chi connectivity index (χ3n) is 9.72. The van der Waals surface area contributed by atoms with Crippen LogP contribution in [0, 0.1) is 5.41 Å². The Bertz CT molecular complexity index is 1480. The lowest BCUT2D eigenvalue weighted by atomic mass is 9.71. The molecule has 0 radical (unpaired) electrons. The van der Waals surface area contributed by atoms with E-state index in [1.54, 1.807) is 6.08 Å². The van der Waals surface area contributed by atoms with E-state index in [-0.39, 0.29) is 23.3 Å². The maximum atomic E-state index is 13.7. The summed E-state index contributed by atoms with van der Waals surface area (Å²) >= 11 is 6.24. The Morgan fingerprint density at radius 2 is 1.64 bits per heavy atom.